The molecule has 0 aliphatic carbocycles. The van der Waals surface area contributed by atoms with Crippen molar-refractivity contribution in [2.24, 2.45) is 0 Å². The summed E-state index contributed by atoms with van der Waals surface area (Å²) < 4.78 is 75.3. The van der Waals surface area contributed by atoms with Crippen LogP contribution in [0.25, 0.3) is 0 Å². The Morgan fingerprint density at radius 2 is 1.37 bits per heavy atom. The SMILES string of the molecule is CCCC[B-]c1cc(C(F)(F)F)cc(C(F)(F)F)c1. The maximum Gasteiger partial charge on any atom is 0.416 e. The third kappa shape index (κ3) is 4.80. The van der Waals surface area contributed by atoms with Gasteiger partial charge in [-0.25, -0.2) is 6.32 Å². The molecule has 0 heterocycles. The first-order valence-corrected chi connectivity index (χ1v) is 5.77. The van der Waals surface area contributed by atoms with Gasteiger partial charge in [-0.05, 0) is 6.07 Å². The number of hydrogen-bond acceptors (Lipinski definition) is 0. The van der Waals surface area contributed by atoms with Crippen LogP contribution < -0.4 is 5.46 Å². The van der Waals surface area contributed by atoms with E-state index < -0.39 is 23.5 Å². The lowest BCUT2D eigenvalue weighted by molar-refractivity contribution is -0.142. The Hall–Kier alpha value is -1.14. The minimum Gasteiger partial charge on any atom is -0.297 e. The number of unbranched alkanes of at least 4 members (excludes halogenated alkanes) is 1. The van der Waals surface area contributed by atoms with E-state index in [0.29, 0.717) is 6.32 Å². The molecule has 0 fully saturated rings. The molecular formula is C12H12BF6-. The zero-order chi connectivity index (χ0) is 14.7. The predicted molar refractivity (Wildman–Crippen MR) is 61.5 cm³/mol. The topological polar surface area (TPSA) is 0 Å². The average Bonchev–Trinajstić information content (AvgIpc) is 2.27. The van der Waals surface area contributed by atoms with Gasteiger partial charge in [0.05, 0.1) is 11.1 Å². The van der Waals surface area contributed by atoms with Gasteiger partial charge in [0, 0.05) is 0 Å². The van der Waals surface area contributed by atoms with E-state index in [1.807, 2.05) is 6.92 Å². The van der Waals surface area contributed by atoms with E-state index in [4.69, 9.17) is 0 Å². The van der Waals surface area contributed by atoms with Crippen molar-refractivity contribution in [3.8, 4) is 0 Å². The van der Waals surface area contributed by atoms with Crippen LogP contribution in [0.3, 0.4) is 0 Å². The third-order valence-corrected chi connectivity index (χ3v) is 2.55. The first-order chi connectivity index (χ1) is 8.64. The van der Waals surface area contributed by atoms with Gasteiger partial charge in [-0.2, -0.15) is 26.3 Å². The van der Waals surface area contributed by atoms with Gasteiger partial charge in [-0.15, -0.1) is 0 Å². The van der Waals surface area contributed by atoms with Crippen molar-refractivity contribution < 1.29 is 26.3 Å². The summed E-state index contributed by atoms with van der Waals surface area (Å²) in [5.74, 6) is 0. The highest BCUT2D eigenvalue weighted by Gasteiger charge is 2.35. The summed E-state index contributed by atoms with van der Waals surface area (Å²) in [4.78, 5) is 0. The van der Waals surface area contributed by atoms with Crippen LogP contribution in [0.5, 0.6) is 0 Å². The van der Waals surface area contributed by atoms with E-state index in [9.17, 15) is 26.3 Å². The quantitative estimate of drug-likeness (QED) is 0.439. The molecule has 0 atom stereocenters. The molecule has 7 heteroatoms. The third-order valence-electron chi connectivity index (χ3n) is 2.55. The first-order valence-electron chi connectivity index (χ1n) is 5.77. The molecule has 1 aromatic rings. The lowest BCUT2D eigenvalue weighted by Crippen LogP contribution is -2.21. The van der Waals surface area contributed by atoms with Gasteiger partial charge in [-0.3, -0.25) is 12.7 Å². The van der Waals surface area contributed by atoms with Crippen molar-refractivity contribution in [1.82, 2.24) is 0 Å². The normalized spacial score (nSPS) is 12.8. The molecule has 1 rings (SSSR count). The maximum atomic E-state index is 12.5. The fourth-order valence-corrected chi connectivity index (χ4v) is 1.57. The van der Waals surface area contributed by atoms with Crippen molar-refractivity contribution >= 4 is 12.7 Å². The molecule has 19 heavy (non-hydrogen) atoms. The second-order valence-electron chi connectivity index (χ2n) is 4.19. The molecule has 106 valence electrons. The number of hydrogen-bond donors (Lipinski definition) is 0. The van der Waals surface area contributed by atoms with E-state index >= 15 is 0 Å². The number of halogens is 6. The van der Waals surface area contributed by atoms with Crippen LogP contribution in [0.15, 0.2) is 18.2 Å². The van der Waals surface area contributed by atoms with Crippen LogP contribution in [0.4, 0.5) is 26.3 Å². The molecule has 0 saturated heterocycles. The zero-order valence-corrected chi connectivity index (χ0v) is 10.2. The largest absolute Gasteiger partial charge is 0.416 e. The molecule has 0 bridgehead atoms. The molecule has 0 saturated carbocycles. The summed E-state index contributed by atoms with van der Waals surface area (Å²) in [5, 5.41) is 0. The summed E-state index contributed by atoms with van der Waals surface area (Å²) in [5.41, 5.74) is -2.59. The van der Waals surface area contributed by atoms with Gasteiger partial charge < -0.3 is 0 Å². The minimum atomic E-state index is -4.78. The summed E-state index contributed by atoms with van der Waals surface area (Å²) in [7, 11) is 1.40. The van der Waals surface area contributed by atoms with Crippen molar-refractivity contribution in [1.29, 1.82) is 0 Å². The highest BCUT2D eigenvalue weighted by atomic mass is 19.4. The van der Waals surface area contributed by atoms with Gasteiger partial charge in [0.25, 0.3) is 0 Å². The van der Waals surface area contributed by atoms with E-state index in [1.54, 1.807) is 0 Å². The molecule has 0 nitrogen and oxygen atoms in total. The monoisotopic (exact) mass is 281 g/mol. The van der Waals surface area contributed by atoms with Crippen molar-refractivity contribution in [2.75, 3.05) is 0 Å². The fourth-order valence-electron chi connectivity index (χ4n) is 1.57. The van der Waals surface area contributed by atoms with Gasteiger partial charge in [0.15, 0.2) is 0 Å². The Morgan fingerprint density at radius 1 is 0.895 bits per heavy atom. The summed E-state index contributed by atoms with van der Waals surface area (Å²) in [6.45, 7) is 1.89. The van der Waals surface area contributed by atoms with Crippen molar-refractivity contribution in [3.05, 3.63) is 29.3 Å². The Balaban J connectivity index is 3.10. The summed E-state index contributed by atoms with van der Waals surface area (Å²) in [6, 6.07) is 1.62. The maximum absolute atomic E-state index is 12.5. The fraction of sp³-hybridized carbons (Fsp3) is 0.500. The average molecular weight is 281 g/mol. The van der Waals surface area contributed by atoms with Crippen LogP contribution in [0.1, 0.15) is 30.9 Å². The van der Waals surface area contributed by atoms with Crippen molar-refractivity contribution in [2.45, 2.75) is 38.4 Å². The van der Waals surface area contributed by atoms with Crippen LogP contribution >= 0.6 is 0 Å². The van der Waals surface area contributed by atoms with Gasteiger partial charge in [-0.1, -0.05) is 31.9 Å². The second-order valence-corrected chi connectivity index (χ2v) is 4.19. The number of rotatable bonds is 4. The molecule has 0 spiro atoms. The summed E-state index contributed by atoms with van der Waals surface area (Å²) in [6.07, 6.45) is -7.57. The number of alkyl halides is 6. The zero-order valence-electron chi connectivity index (χ0n) is 10.2. The molecular weight excluding hydrogens is 269 g/mol. The Kier molecular flexibility index (Phi) is 4.93. The van der Waals surface area contributed by atoms with Gasteiger partial charge in [0.1, 0.15) is 0 Å². The standard InChI is InChI=1S/C12H12BF6/c1-2-3-4-13-10-6-8(11(14,15)16)5-9(7-10)12(17,18)19/h5-7H,2-4H2,1H3/q-1. The summed E-state index contributed by atoms with van der Waals surface area (Å²) >= 11 is 0. The lowest BCUT2D eigenvalue weighted by Gasteiger charge is -2.21. The Labute approximate surface area is 108 Å². The lowest BCUT2D eigenvalue weighted by atomic mass is 9.65. The smallest absolute Gasteiger partial charge is 0.297 e. The molecule has 2 radical (unpaired) electrons. The Morgan fingerprint density at radius 3 is 1.74 bits per heavy atom. The molecule has 0 aliphatic heterocycles. The van der Waals surface area contributed by atoms with Crippen molar-refractivity contribution in [3.63, 3.8) is 0 Å². The molecule has 0 aromatic heterocycles. The molecule has 0 amide bonds. The van der Waals surface area contributed by atoms with Crippen LogP contribution in [-0.4, -0.2) is 7.28 Å². The molecule has 0 unspecified atom stereocenters. The van der Waals surface area contributed by atoms with E-state index in [1.165, 1.54) is 7.28 Å². The van der Waals surface area contributed by atoms with Crippen LogP contribution in [0, 0.1) is 0 Å². The highest BCUT2D eigenvalue weighted by molar-refractivity contribution is 6.53. The minimum absolute atomic E-state index is 0.0457. The van der Waals surface area contributed by atoms with Gasteiger partial charge in [0.2, 0.25) is 0 Å². The molecule has 0 N–H and O–H groups in total. The van der Waals surface area contributed by atoms with Gasteiger partial charge >= 0.3 is 12.4 Å². The highest BCUT2D eigenvalue weighted by Crippen LogP contribution is 2.34. The molecule has 0 aliphatic rings. The molecule has 1 aromatic carbocycles. The second kappa shape index (κ2) is 5.88. The Bertz CT molecular complexity index is 389. The van der Waals surface area contributed by atoms with E-state index in [2.05, 4.69) is 0 Å². The predicted octanol–water partition coefficient (Wildman–Crippen LogP) is 4.27. The van der Waals surface area contributed by atoms with Crippen LogP contribution in [0.2, 0.25) is 6.32 Å². The van der Waals surface area contributed by atoms with E-state index in [0.717, 1.165) is 25.0 Å². The number of benzene rings is 1. The van der Waals surface area contributed by atoms with Crippen LogP contribution in [-0.2, 0) is 12.4 Å². The first kappa shape index (κ1) is 15.9. The van der Waals surface area contributed by atoms with E-state index in [-0.39, 0.29) is 11.5 Å².